The standard InChI is InChI=1S/C30H40F3N3O2/c1-4-38-27-13-11-26(12-14-27)36-17-15-22(16-18-36)20-35(3)29(37)23-6-9-24(10-7-23)34-25-8-5-21(2)28(19-25)30(31,32)33/h5,8,11-14,19,22-24,34H,4,6-7,9-10,15-18,20H2,1-3H3. The largest absolute Gasteiger partial charge is 0.494 e. The van der Waals surface area contributed by atoms with E-state index in [4.69, 9.17) is 4.74 Å². The van der Waals surface area contributed by atoms with Gasteiger partial charge in [0.15, 0.2) is 0 Å². The van der Waals surface area contributed by atoms with Gasteiger partial charge in [0.1, 0.15) is 5.75 Å². The van der Waals surface area contributed by atoms with Crippen LogP contribution >= 0.6 is 0 Å². The molecule has 2 fully saturated rings. The summed E-state index contributed by atoms with van der Waals surface area (Å²) >= 11 is 0. The van der Waals surface area contributed by atoms with Gasteiger partial charge in [0.2, 0.25) is 5.91 Å². The first-order chi connectivity index (χ1) is 18.1. The van der Waals surface area contributed by atoms with Gasteiger partial charge in [-0.3, -0.25) is 4.79 Å². The number of hydrogen-bond donors (Lipinski definition) is 1. The van der Waals surface area contributed by atoms with Crippen LogP contribution in [0, 0.1) is 18.8 Å². The smallest absolute Gasteiger partial charge is 0.416 e. The summed E-state index contributed by atoms with van der Waals surface area (Å²) < 4.78 is 45.3. The van der Waals surface area contributed by atoms with Crippen LogP contribution in [-0.4, -0.2) is 50.1 Å². The van der Waals surface area contributed by atoms with Crippen LogP contribution in [0.25, 0.3) is 0 Å². The van der Waals surface area contributed by atoms with Crippen LogP contribution in [0.1, 0.15) is 56.6 Å². The highest BCUT2D eigenvalue weighted by atomic mass is 19.4. The van der Waals surface area contributed by atoms with E-state index in [1.54, 1.807) is 6.07 Å². The number of alkyl halides is 3. The van der Waals surface area contributed by atoms with E-state index in [0.717, 1.165) is 63.9 Å². The number of halogens is 3. The van der Waals surface area contributed by atoms with E-state index in [-0.39, 0.29) is 23.4 Å². The molecule has 0 radical (unpaired) electrons. The van der Waals surface area contributed by atoms with Gasteiger partial charge in [-0.2, -0.15) is 13.2 Å². The second-order valence-corrected chi connectivity index (χ2v) is 10.8. The van der Waals surface area contributed by atoms with E-state index in [0.29, 0.717) is 18.2 Å². The van der Waals surface area contributed by atoms with E-state index in [1.165, 1.54) is 24.7 Å². The highest BCUT2D eigenvalue weighted by Gasteiger charge is 2.33. The predicted molar refractivity (Wildman–Crippen MR) is 146 cm³/mol. The van der Waals surface area contributed by atoms with E-state index < -0.39 is 11.7 Å². The number of benzene rings is 2. The zero-order valence-corrected chi connectivity index (χ0v) is 22.7. The maximum absolute atomic E-state index is 13.2. The number of aryl methyl sites for hydroxylation is 1. The lowest BCUT2D eigenvalue weighted by molar-refractivity contribution is -0.138. The Hall–Kier alpha value is -2.90. The average Bonchev–Trinajstić information content (AvgIpc) is 2.90. The fraction of sp³-hybridized carbons (Fsp3) is 0.567. The molecule has 1 saturated heterocycles. The molecule has 38 heavy (non-hydrogen) atoms. The molecule has 2 aliphatic rings. The lowest BCUT2D eigenvalue weighted by atomic mass is 9.84. The molecule has 1 amide bonds. The first kappa shape index (κ1) is 28.1. The second kappa shape index (κ2) is 12.3. The highest BCUT2D eigenvalue weighted by Crippen LogP contribution is 2.35. The minimum absolute atomic E-state index is 0.00857. The molecule has 0 unspecified atom stereocenters. The van der Waals surface area contributed by atoms with Gasteiger partial charge in [0.05, 0.1) is 12.2 Å². The summed E-state index contributed by atoms with van der Waals surface area (Å²) in [7, 11) is 1.91. The number of anilines is 2. The molecule has 1 aliphatic heterocycles. The third-order valence-corrected chi connectivity index (χ3v) is 8.03. The fourth-order valence-electron chi connectivity index (χ4n) is 5.82. The molecule has 2 aromatic rings. The Labute approximate surface area is 224 Å². The van der Waals surface area contributed by atoms with Crippen molar-refractivity contribution in [1.29, 1.82) is 0 Å². The van der Waals surface area contributed by atoms with Crippen molar-refractivity contribution in [2.45, 2.75) is 64.6 Å². The number of hydrogen-bond acceptors (Lipinski definition) is 4. The Kier molecular flexibility index (Phi) is 9.11. The highest BCUT2D eigenvalue weighted by molar-refractivity contribution is 5.78. The van der Waals surface area contributed by atoms with Crippen LogP contribution in [0.4, 0.5) is 24.5 Å². The minimum Gasteiger partial charge on any atom is -0.494 e. The number of nitrogens with zero attached hydrogens (tertiary/aromatic N) is 2. The molecule has 1 heterocycles. The molecule has 0 atom stereocenters. The number of rotatable bonds is 8. The van der Waals surface area contributed by atoms with Crippen molar-refractivity contribution in [3.8, 4) is 5.75 Å². The predicted octanol–water partition coefficient (Wildman–Crippen LogP) is 6.76. The Bertz CT molecular complexity index is 1060. The van der Waals surface area contributed by atoms with Gasteiger partial charge >= 0.3 is 6.18 Å². The van der Waals surface area contributed by atoms with Gasteiger partial charge in [0, 0.05) is 50.0 Å². The van der Waals surface area contributed by atoms with Crippen molar-refractivity contribution in [1.82, 2.24) is 4.90 Å². The summed E-state index contributed by atoms with van der Waals surface area (Å²) in [5.41, 5.74) is 1.33. The number of carbonyl (C=O) groups is 1. The fourth-order valence-corrected chi connectivity index (χ4v) is 5.82. The molecule has 1 saturated carbocycles. The Morgan fingerprint density at radius 2 is 1.68 bits per heavy atom. The summed E-state index contributed by atoms with van der Waals surface area (Å²) in [6.07, 6.45) is 0.822. The van der Waals surface area contributed by atoms with Gasteiger partial charge in [-0.1, -0.05) is 6.07 Å². The zero-order valence-electron chi connectivity index (χ0n) is 22.7. The van der Waals surface area contributed by atoms with Crippen molar-refractivity contribution in [2.75, 3.05) is 43.5 Å². The van der Waals surface area contributed by atoms with Crippen LogP contribution in [0.2, 0.25) is 0 Å². The number of amides is 1. The van der Waals surface area contributed by atoms with Crippen molar-refractivity contribution < 1.29 is 22.7 Å². The van der Waals surface area contributed by atoms with Crippen molar-refractivity contribution in [3.63, 3.8) is 0 Å². The molecule has 8 heteroatoms. The van der Waals surface area contributed by atoms with Crippen LogP contribution in [-0.2, 0) is 11.0 Å². The van der Waals surface area contributed by atoms with E-state index in [1.807, 2.05) is 31.0 Å². The normalized spacial score (nSPS) is 20.7. The van der Waals surface area contributed by atoms with Crippen LogP contribution in [0.15, 0.2) is 42.5 Å². The summed E-state index contributed by atoms with van der Waals surface area (Å²) in [6.45, 7) is 6.85. The first-order valence-electron chi connectivity index (χ1n) is 13.8. The summed E-state index contributed by atoms with van der Waals surface area (Å²) in [4.78, 5) is 17.5. The Morgan fingerprint density at radius 3 is 2.29 bits per heavy atom. The lowest BCUT2D eigenvalue weighted by Crippen LogP contribution is -2.42. The van der Waals surface area contributed by atoms with E-state index >= 15 is 0 Å². The number of piperidine rings is 1. The molecule has 1 N–H and O–H groups in total. The third-order valence-electron chi connectivity index (χ3n) is 8.03. The van der Waals surface area contributed by atoms with Crippen LogP contribution < -0.4 is 15.0 Å². The second-order valence-electron chi connectivity index (χ2n) is 10.8. The first-order valence-corrected chi connectivity index (χ1v) is 13.8. The van der Waals surface area contributed by atoms with Crippen molar-refractivity contribution >= 4 is 17.3 Å². The summed E-state index contributed by atoms with van der Waals surface area (Å²) in [5, 5.41) is 3.27. The number of nitrogens with one attached hydrogen (secondary N) is 1. The molecular weight excluding hydrogens is 491 g/mol. The molecule has 2 aromatic carbocycles. The molecule has 0 spiro atoms. The molecule has 208 valence electrons. The van der Waals surface area contributed by atoms with E-state index in [9.17, 15) is 18.0 Å². The van der Waals surface area contributed by atoms with Crippen molar-refractivity contribution in [2.24, 2.45) is 11.8 Å². The van der Waals surface area contributed by atoms with Gasteiger partial charge in [-0.25, -0.2) is 0 Å². The van der Waals surface area contributed by atoms with Gasteiger partial charge in [-0.15, -0.1) is 0 Å². The lowest BCUT2D eigenvalue weighted by Gasteiger charge is -2.36. The molecular formula is C30H40F3N3O2. The van der Waals surface area contributed by atoms with Crippen LogP contribution in [0.5, 0.6) is 5.75 Å². The Balaban J connectivity index is 1.20. The molecule has 0 bridgehead atoms. The molecule has 5 nitrogen and oxygen atoms in total. The number of carbonyl (C=O) groups excluding carboxylic acids is 1. The number of ether oxygens (including phenoxy) is 1. The Morgan fingerprint density at radius 1 is 1.03 bits per heavy atom. The van der Waals surface area contributed by atoms with Gasteiger partial charge < -0.3 is 19.9 Å². The topological polar surface area (TPSA) is 44.8 Å². The minimum atomic E-state index is -4.36. The molecule has 1 aliphatic carbocycles. The summed E-state index contributed by atoms with van der Waals surface area (Å²) in [5.74, 6) is 1.57. The monoisotopic (exact) mass is 531 g/mol. The zero-order chi connectivity index (χ0) is 27.3. The van der Waals surface area contributed by atoms with E-state index in [2.05, 4.69) is 22.3 Å². The van der Waals surface area contributed by atoms with Crippen LogP contribution in [0.3, 0.4) is 0 Å². The average molecular weight is 532 g/mol. The maximum Gasteiger partial charge on any atom is 0.416 e. The quantitative estimate of drug-likeness (QED) is 0.409. The molecule has 0 aromatic heterocycles. The third kappa shape index (κ3) is 7.14. The van der Waals surface area contributed by atoms with Gasteiger partial charge in [0.25, 0.3) is 0 Å². The van der Waals surface area contributed by atoms with Crippen molar-refractivity contribution in [3.05, 3.63) is 53.6 Å². The molecule has 4 rings (SSSR count). The summed E-state index contributed by atoms with van der Waals surface area (Å²) in [6, 6.07) is 12.8. The van der Waals surface area contributed by atoms with Gasteiger partial charge in [-0.05, 0) is 100 Å². The SMILES string of the molecule is CCOc1ccc(N2CCC(CN(C)C(=O)C3CCC(Nc4ccc(C)c(C(F)(F)F)c4)CC3)CC2)cc1. The maximum atomic E-state index is 13.2.